The lowest BCUT2D eigenvalue weighted by Gasteiger charge is -2.17. The van der Waals surface area contributed by atoms with E-state index in [1.54, 1.807) is 24.3 Å². The van der Waals surface area contributed by atoms with E-state index in [4.69, 9.17) is 19.2 Å². The predicted octanol–water partition coefficient (Wildman–Crippen LogP) is 6.91. The van der Waals surface area contributed by atoms with Gasteiger partial charge in [0, 0.05) is 28.7 Å². The lowest BCUT2D eigenvalue weighted by atomic mass is 9.98. The fraction of sp³-hybridized carbons (Fsp3) is 0.128. The van der Waals surface area contributed by atoms with E-state index in [1.165, 1.54) is 50.6 Å². The molecule has 4 aromatic carbocycles. The van der Waals surface area contributed by atoms with Gasteiger partial charge in [0.25, 0.3) is 0 Å². The Morgan fingerprint density at radius 2 is 1.61 bits per heavy atom. The van der Waals surface area contributed by atoms with Crippen LogP contribution in [0.1, 0.15) is 32.7 Å². The molecule has 0 N–H and O–H groups in total. The van der Waals surface area contributed by atoms with E-state index in [9.17, 15) is 28.8 Å². The molecule has 1 aliphatic rings. The molecule has 0 bridgehead atoms. The molecule has 12 heteroatoms. The Balaban J connectivity index is 1.25. The first-order valence-electron chi connectivity index (χ1n) is 15.5. The number of thioether (sulfide) groups is 1. The Morgan fingerprint density at radius 3 is 2.27 bits per heavy atom. The second-order valence-electron chi connectivity index (χ2n) is 11.2. The lowest BCUT2D eigenvalue weighted by Crippen LogP contribution is -2.31. The predicted molar refractivity (Wildman–Crippen MR) is 187 cm³/mol. The number of hydrogen-bond acceptors (Lipinski definition) is 10. The van der Waals surface area contributed by atoms with E-state index in [0.717, 1.165) is 34.4 Å². The molecule has 2 heterocycles. The zero-order chi connectivity index (χ0) is 36.1. The molecule has 1 atom stereocenters. The zero-order valence-corrected chi connectivity index (χ0v) is 28.1. The molecule has 6 rings (SSSR count). The smallest absolute Gasteiger partial charge is 0.338 e. The maximum Gasteiger partial charge on any atom is 0.338 e. The molecule has 51 heavy (non-hydrogen) atoms. The van der Waals surface area contributed by atoms with Crippen LogP contribution < -0.4 is 14.4 Å². The molecule has 1 unspecified atom stereocenters. The number of benzene rings is 4. The Morgan fingerprint density at radius 1 is 0.902 bits per heavy atom. The van der Waals surface area contributed by atoms with Crippen LogP contribution >= 0.6 is 11.8 Å². The average molecular weight is 702 g/mol. The van der Waals surface area contributed by atoms with Crippen LogP contribution in [0.2, 0.25) is 0 Å². The fourth-order valence-electron chi connectivity index (χ4n) is 5.49. The van der Waals surface area contributed by atoms with Crippen molar-refractivity contribution in [1.82, 2.24) is 4.98 Å². The molecule has 254 valence electrons. The highest BCUT2D eigenvalue weighted by Gasteiger charge is 2.41. The third-order valence-electron chi connectivity index (χ3n) is 8.09. The third-order valence-corrected chi connectivity index (χ3v) is 9.26. The van der Waals surface area contributed by atoms with Crippen molar-refractivity contribution in [1.29, 1.82) is 5.26 Å². The number of ether oxygens (including phenoxy) is 3. The Bertz CT molecular complexity index is 2190. The van der Waals surface area contributed by atoms with Crippen LogP contribution in [0.25, 0.3) is 22.4 Å². The first-order valence-corrected chi connectivity index (χ1v) is 16.4. The van der Waals surface area contributed by atoms with Crippen LogP contribution in [0.15, 0.2) is 108 Å². The van der Waals surface area contributed by atoms with E-state index >= 15 is 0 Å². The number of halogens is 1. The summed E-state index contributed by atoms with van der Waals surface area (Å²) >= 11 is 1.03. The van der Waals surface area contributed by atoms with Crippen LogP contribution in [0.3, 0.4) is 0 Å². The number of Topliss-reactive ketones (excluding diaryl/α,β-unsaturated/α-hetero) is 1. The first kappa shape index (κ1) is 34.5. The van der Waals surface area contributed by atoms with Gasteiger partial charge in [-0.3, -0.25) is 14.4 Å². The molecule has 10 nitrogen and oxygen atoms in total. The van der Waals surface area contributed by atoms with E-state index in [1.807, 2.05) is 30.3 Å². The number of carbonyl (C=O) groups is 4. The number of nitrogens with zero attached hydrogens (tertiary/aromatic N) is 3. The fourth-order valence-corrected chi connectivity index (χ4v) is 6.62. The van der Waals surface area contributed by atoms with Gasteiger partial charge in [-0.1, -0.05) is 42.1 Å². The Labute approximate surface area is 296 Å². The molecule has 0 aliphatic carbocycles. The molecular weight excluding hydrogens is 674 g/mol. The quantitative estimate of drug-likeness (QED) is 0.0812. The van der Waals surface area contributed by atoms with Gasteiger partial charge >= 0.3 is 5.97 Å². The summed E-state index contributed by atoms with van der Waals surface area (Å²) in [5.74, 6) is -1.72. The number of anilines is 1. The monoisotopic (exact) mass is 701 g/mol. The Kier molecular flexibility index (Phi) is 10.2. The van der Waals surface area contributed by atoms with Crippen molar-refractivity contribution in [3.05, 3.63) is 126 Å². The van der Waals surface area contributed by atoms with Crippen molar-refractivity contribution in [2.45, 2.75) is 16.7 Å². The number of hydrogen-bond donors (Lipinski definition) is 0. The number of esters is 1. The van der Waals surface area contributed by atoms with Gasteiger partial charge in [-0.15, -0.1) is 0 Å². The summed E-state index contributed by atoms with van der Waals surface area (Å²) in [4.78, 5) is 57.8. The van der Waals surface area contributed by atoms with E-state index in [-0.39, 0.29) is 33.8 Å². The molecule has 1 aromatic heterocycles. The molecule has 2 amide bonds. The maximum absolute atomic E-state index is 13.8. The van der Waals surface area contributed by atoms with E-state index in [2.05, 4.69) is 6.07 Å². The van der Waals surface area contributed by atoms with Gasteiger partial charge in [0.15, 0.2) is 12.4 Å². The van der Waals surface area contributed by atoms with Crippen LogP contribution in [-0.2, 0) is 14.3 Å². The number of amides is 2. The van der Waals surface area contributed by atoms with E-state index in [0.29, 0.717) is 28.3 Å². The molecule has 0 spiro atoms. The molecule has 0 radical (unpaired) electrons. The summed E-state index contributed by atoms with van der Waals surface area (Å²) < 4.78 is 29.3. The van der Waals surface area contributed by atoms with Gasteiger partial charge in [0.2, 0.25) is 11.8 Å². The number of rotatable bonds is 11. The molecule has 0 saturated carbocycles. The van der Waals surface area contributed by atoms with Crippen LogP contribution in [0, 0.1) is 17.1 Å². The van der Waals surface area contributed by atoms with Crippen molar-refractivity contribution in [2.24, 2.45) is 0 Å². The van der Waals surface area contributed by atoms with Crippen molar-refractivity contribution in [2.75, 3.05) is 25.7 Å². The van der Waals surface area contributed by atoms with Crippen LogP contribution in [0.5, 0.6) is 11.5 Å². The molecule has 1 fully saturated rings. The molecular formula is C39H28FN3O7S. The summed E-state index contributed by atoms with van der Waals surface area (Å²) in [6, 6.07) is 29.1. The summed E-state index contributed by atoms with van der Waals surface area (Å²) in [5, 5.41) is 9.80. The molecule has 1 saturated heterocycles. The van der Waals surface area contributed by atoms with Gasteiger partial charge in [0.05, 0.1) is 42.0 Å². The van der Waals surface area contributed by atoms with Crippen molar-refractivity contribution < 1.29 is 37.8 Å². The highest BCUT2D eigenvalue weighted by molar-refractivity contribution is 8.00. The minimum Gasteiger partial charge on any atom is -0.497 e. The Hall–Kier alpha value is -6.32. The van der Waals surface area contributed by atoms with Gasteiger partial charge in [-0.2, -0.15) is 5.26 Å². The molecule has 5 aromatic rings. The van der Waals surface area contributed by atoms with Crippen LogP contribution in [0.4, 0.5) is 10.1 Å². The van der Waals surface area contributed by atoms with Crippen molar-refractivity contribution in [3.63, 3.8) is 0 Å². The standard InChI is InChI=1S/C39H28FN3O7S/c1-48-28-16-17-34(49-2)30(18-28)29-19-32(23-6-4-3-5-7-23)42-37(31(29)21-41)51-35-20-36(45)43(38(35)46)27-14-10-25(11-15-27)39(47)50-22-33(44)24-8-12-26(40)13-9-24/h3-19,35H,20,22H2,1-2H3. The lowest BCUT2D eigenvalue weighted by molar-refractivity contribution is -0.121. The number of aromatic nitrogens is 1. The highest BCUT2D eigenvalue weighted by atomic mass is 32.2. The average Bonchev–Trinajstić information content (AvgIpc) is 3.44. The normalized spacial score (nSPS) is 13.8. The number of pyridine rings is 1. The zero-order valence-electron chi connectivity index (χ0n) is 27.3. The number of methoxy groups -OCH3 is 2. The third kappa shape index (κ3) is 7.34. The van der Waals surface area contributed by atoms with Crippen molar-refractivity contribution >= 4 is 41.0 Å². The van der Waals surface area contributed by atoms with Crippen molar-refractivity contribution in [3.8, 4) is 40.0 Å². The summed E-state index contributed by atoms with van der Waals surface area (Å²) in [6.45, 7) is -0.551. The number of nitriles is 1. The number of carbonyl (C=O) groups excluding carboxylic acids is 4. The largest absolute Gasteiger partial charge is 0.497 e. The van der Waals surface area contributed by atoms with Gasteiger partial charge < -0.3 is 14.2 Å². The first-order chi connectivity index (χ1) is 24.7. The minimum absolute atomic E-state index is 0.0942. The summed E-state index contributed by atoms with van der Waals surface area (Å²) in [7, 11) is 3.06. The summed E-state index contributed by atoms with van der Waals surface area (Å²) in [5.41, 5.74) is 3.15. The second kappa shape index (κ2) is 15.1. The maximum atomic E-state index is 13.8. The van der Waals surface area contributed by atoms with Gasteiger partial charge in [-0.05, 0) is 72.8 Å². The van der Waals surface area contributed by atoms with Gasteiger partial charge in [-0.25, -0.2) is 19.1 Å². The van der Waals surface area contributed by atoms with E-state index < -0.39 is 41.2 Å². The highest BCUT2D eigenvalue weighted by Crippen LogP contribution is 2.42. The number of imide groups is 1. The topological polar surface area (TPSA) is 136 Å². The van der Waals surface area contributed by atoms with Gasteiger partial charge in [0.1, 0.15) is 28.4 Å². The van der Waals surface area contributed by atoms with Crippen LogP contribution in [-0.4, -0.2) is 54.6 Å². The number of ketones is 1. The second-order valence-corrected chi connectivity index (χ2v) is 12.4. The SMILES string of the molecule is COc1ccc(OC)c(-c2cc(-c3ccccc3)nc(SC3CC(=O)N(c4ccc(C(=O)OCC(=O)c5ccc(F)cc5)cc4)C3=O)c2C#N)c1. The molecule has 1 aliphatic heterocycles. The minimum atomic E-state index is -0.898. The summed E-state index contributed by atoms with van der Waals surface area (Å²) in [6.07, 6.45) is -0.154.